The largest absolute Gasteiger partial charge is 0.349 e. The number of imidazole rings is 1. The number of aromatic nitrogens is 2. The first-order chi connectivity index (χ1) is 12.1. The maximum atomic E-state index is 12.6. The zero-order chi connectivity index (χ0) is 17.8. The molecule has 1 aromatic heterocycles. The van der Waals surface area contributed by atoms with Crippen LogP contribution >= 0.6 is 0 Å². The number of benzene rings is 1. The highest BCUT2D eigenvalue weighted by Crippen LogP contribution is 2.26. The zero-order valence-corrected chi connectivity index (χ0v) is 13.8. The fraction of sp³-hybridized carbons (Fsp3) is 0.412. The van der Waals surface area contributed by atoms with Gasteiger partial charge in [-0.1, -0.05) is 12.8 Å². The number of rotatable bonds is 5. The number of nitro groups is 1. The summed E-state index contributed by atoms with van der Waals surface area (Å²) in [7, 11) is 0. The number of carbonyl (C=O) groups excluding carboxylic acids is 1. The number of nitro benzene ring substituents is 1. The van der Waals surface area contributed by atoms with Crippen molar-refractivity contribution in [2.75, 3.05) is 6.54 Å². The molecule has 1 aliphatic carbocycles. The Hall–Kier alpha value is -2.74. The third kappa shape index (κ3) is 3.69. The second kappa shape index (κ2) is 7.43. The average molecular weight is 343 g/mol. The normalized spacial score (nSPS) is 20.2. The average Bonchev–Trinajstić information content (AvgIpc) is 3.16. The predicted molar refractivity (Wildman–Crippen MR) is 92.5 cm³/mol. The van der Waals surface area contributed by atoms with Crippen LogP contribution in [0, 0.1) is 16.0 Å². The Morgan fingerprint density at radius 3 is 2.88 bits per heavy atom. The van der Waals surface area contributed by atoms with Gasteiger partial charge in [0.15, 0.2) is 0 Å². The first-order valence-corrected chi connectivity index (χ1v) is 8.38. The highest BCUT2D eigenvalue weighted by molar-refractivity contribution is 5.95. The van der Waals surface area contributed by atoms with E-state index in [1.54, 1.807) is 29.1 Å². The Bertz CT molecular complexity index is 760. The van der Waals surface area contributed by atoms with E-state index in [0.29, 0.717) is 12.2 Å². The molecular weight excluding hydrogens is 322 g/mol. The second-order valence-electron chi connectivity index (χ2n) is 6.29. The molecule has 1 amide bonds. The molecule has 0 saturated heterocycles. The molecule has 3 rings (SSSR count). The first-order valence-electron chi connectivity index (χ1n) is 8.38. The van der Waals surface area contributed by atoms with E-state index in [-0.39, 0.29) is 29.1 Å². The Morgan fingerprint density at radius 1 is 1.40 bits per heavy atom. The molecule has 8 heteroatoms. The summed E-state index contributed by atoms with van der Waals surface area (Å²) in [5.41, 5.74) is 6.31. The molecule has 0 aliphatic heterocycles. The lowest BCUT2D eigenvalue weighted by molar-refractivity contribution is -0.384. The second-order valence-corrected chi connectivity index (χ2v) is 6.29. The van der Waals surface area contributed by atoms with Crippen LogP contribution in [0.5, 0.6) is 0 Å². The Balaban J connectivity index is 1.83. The van der Waals surface area contributed by atoms with Crippen LogP contribution in [0.15, 0.2) is 36.9 Å². The van der Waals surface area contributed by atoms with Crippen molar-refractivity contribution in [3.8, 4) is 5.69 Å². The molecule has 0 spiro atoms. The Labute approximate surface area is 145 Å². The highest BCUT2D eigenvalue weighted by atomic mass is 16.6. The van der Waals surface area contributed by atoms with Crippen LogP contribution in [-0.2, 0) is 0 Å². The number of carbonyl (C=O) groups is 1. The van der Waals surface area contributed by atoms with Crippen LogP contribution in [0.1, 0.15) is 36.0 Å². The molecule has 1 aliphatic rings. The maximum absolute atomic E-state index is 12.6. The number of nitrogens with zero attached hydrogens (tertiary/aromatic N) is 3. The van der Waals surface area contributed by atoms with E-state index in [1.165, 1.54) is 12.4 Å². The molecule has 1 aromatic carbocycles. The third-order valence-corrected chi connectivity index (χ3v) is 4.75. The van der Waals surface area contributed by atoms with Gasteiger partial charge in [0.05, 0.1) is 11.3 Å². The van der Waals surface area contributed by atoms with Gasteiger partial charge in [-0.3, -0.25) is 14.9 Å². The molecule has 2 aromatic rings. The van der Waals surface area contributed by atoms with E-state index in [1.807, 2.05) is 0 Å². The van der Waals surface area contributed by atoms with Crippen LogP contribution in [-0.4, -0.2) is 33.0 Å². The minimum Gasteiger partial charge on any atom is -0.349 e. The van der Waals surface area contributed by atoms with Crippen molar-refractivity contribution in [3.05, 3.63) is 52.6 Å². The van der Waals surface area contributed by atoms with Gasteiger partial charge in [-0.2, -0.15) is 0 Å². The van der Waals surface area contributed by atoms with Crippen LogP contribution in [0.3, 0.4) is 0 Å². The minimum atomic E-state index is -0.491. The van der Waals surface area contributed by atoms with Gasteiger partial charge in [-0.15, -0.1) is 0 Å². The number of nitrogens with two attached hydrogens (primary N) is 1. The van der Waals surface area contributed by atoms with Gasteiger partial charge in [0.25, 0.3) is 11.6 Å². The van der Waals surface area contributed by atoms with Crippen molar-refractivity contribution in [1.82, 2.24) is 14.9 Å². The summed E-state index contributed by atoms with van der Waals surface area (Å²) in [5.74, 6) is -0.0384. The van der Waals surface area contributed by atoms with E-state index in [4.69, 9.17) is 5.73 Å². The third-order valence-electron chi connectivity index (χ3n) is 4.75. The van der Waals surface area contributed by atoms with Crippen LogP contribution < -0.4 is 11.1 Å². The van der Waals surface area contributed by atoms with Crippen LogP contribution in [0.25, 0.3) is 5.69 Å². The van der Waals surface area contributed by atoms with Crippen molar-refractivity contribution in [1.29, 1.82) is 0 Å². The number of hydrogen-bond donors (Lipinski definition) is 2. The molecule has 0 bridgehead atoms. The molecule has 2 unspecified atom stereocenters. The predicted octanol–water partition coefficient (Wildman–Crippen LogP) is 2.03. The van der Waals surface area contributed by atoms with Crippen molar-refractivity contribution >= 4 is 11.6 Å². The van der Waals surface area contributed by atoms with Gasteiger partial charge in [-0.25, -0.2) is 4.98 Å². The van der Waals surface area contributed by atoms with Crippen molar-refractivity contribution in [2.45, 2.75) is 31.7 Å². The molecule has 2 atom stereocenters. The number of nitrogens with one attached hydrogen (secondary N) is 1. The topological polar surface area (TPSA) is 116 Å². The lowest BCUT2D eigenvalue weighted by atomic mass is 9.84. The summed E-state index contributed by atoms with van der Waals surface area (Å²) in [6.45, 7) is 0.532. The molecular formula is C17H21N5O3. The maximum Gasteiger partial charge on any atom is 0.294 e. The fourth-order valence-electron chi connectivity index (χ4n) is 3.36. The lowest BCUT2D eigenvalue weighted by Gasteiger charge is -2.31. The molecule has 8 nitrogen and oxygen atoms in total. The molecule has 132 valence electrons. The lowest BCUT2D eigenvalue weighted by Crippen LogP contribution is -2.44. The summed E-state index contributed by atoms with van der Waals surface area (Å²) in [6.07, 6.45) is 8.72. The Morgan fingerprint density at radius 2 is 2.20 bits per heavy atom. The molecule has 1 heterocycles. The van der Waals surface area contributed by atoms with Crippen LogP contribution in [0.4, 0.5) is 5.69 Å². The minimum absolute atomic E-state index is 0.0265. The quantitative estimate of drug-likeness (QED) is 0.636. The van der Waals surface area contributed by atoms with E-state index in [2.05, 4.69) is 10.3 Å². The van der Waals surface area contributed by atoms with E-state index >= 15 is 0 Å². The summed E-state index contributed by atoms with van der Waals surface area (Å²) in [6, 6.07) is 4.50. The monoisotopic (exact) mass is 343 g/mol. The molecule has 3 N–H and O–H groups in total. The standard InChI is InChI=1S/C17H21N5O3/c18-10-13-3-1-2-4-14(13)20-17(23)12-5-6-15(16(9-12)22(24)25)21-8-7-19-11-21/h5-9,11,13-14H,1-4,10,18H2,(H,20,23). The van der Waals surface area contributed by atoms with Crippen molar-refractivity contribution in [2.24, 2.45) is 11.7 Å². The van der Waals surface area contributed by atoms with E-state index < -0.39 is 4.92 Å². The SMILES string of the molecule is NCC1CCCCC1NC(=O)c1ccc(-n2ccnc2)c([N+](=O)[O-])c1. The summed E-state index contributed by atoms with van der Waals surface area (Å²) in [5, 5.41) is 14.4. The van der Waals surface area contributed by atoms with Crippen LogP contribution in [0.2, 0.25) is 0 Å². The van der Waals surface area contributed by atoms with Gasteiger partial charge in [0, 0.05) is 30.1 Å². The van der Waals surface area contributed by atoms with Gasteiger partial charge >= 0.3 is 0 Å². The van der Waals surface area contributed by atoms with E-state index in [9.17, 15) is 14.9 Å². The van der Waals surface area contributed by atoms with Gasteiger partial charge < -0.3 is 15.6 Å². The van der Waals surface area contributed by atoms with Crippen molar-refractivity contribution < 1.29 is 9.72 Å². The van der Waals surface area contributed by atoms with Gasteiger partial charge in [-0.05, 0) is 37.4 Å². The zero-order valence-electron chi connectivity index (χ0n) is 13.8. The Kier molecular flexibility index (Phi) is 5.08. The fourth-order valence-corrected chi connectivity index (χ4v) is 3.36. The number of amides is 1. The summed E-state index contributed by atoms with van der Waals surface area (Å²) >= 11 is 0. The van der Waals surface area contributed by atoms with Gasteiger partial charge in [0.1, 0.15) is 5.69 Å². The first kappa shape index (κ1) is 17.1. The summed E-state index contributed by atoms with van der Waals surface area (Å²) < 4.78 is 1.55. The molecule has 1 saturated carbocycles. The molecule has 1 fully saturated rings. The summed E-state index contributed by atoms with van der Waals surface area (Å²) in [4.78, 5) is 27.4. The van der Waals surface area contributed by atoms with Crippen molar-refractivity contribution in [3.63, 3.8) is 0 Å². The number of hydrogen-bond acceptors (Lipinski definition) is 5. The highest BCUT2D eigenvalue weighted by Gasteiger charge is 2.26. The smallest absolute Gasteiger partial charge is 0.294 e. The molecule has 0 radical (unpaired) electrons. The van der Waals surface area contributed by atoms with E-state index in [0.717, 1.165) is 25.7 Å². The van der Waals surface area contributed by atoms with Gasteiger partial charge in [0.2, 0.25) is 0 Å². The molecule has 25 heavy (non-hydrogen) atoms.